The summed E-state index contributed by atoms with van der Waals surface area (Å²) in [6.45, 7) is 6.52. The lowest BCUT2D eigenvalue weighted by Crippen LogP contribution is -2.38. The van der Waals surface area contributed by atoms with Crippen molar-refractivity contribution < 1.29 is 10.2 Å². The first-order valence-corrected chi connectivity index (χ1v) is 4.95. The molecule has 0 radical (unpaired) electrons. The van der Waals surface area contributed by atoms with Crippen molar-refractivity contribution in [2.45, 2.75) is 32.4 Å². The number of nitrogens with zero attached hydrogens (tertiary/aromatic N) is 1. The van der Waals surface area contributed by atoms with Gasteiger partial charge >= 0.3 is 0 Å². The van der Waals surface area contributed by atoms with Crippen LogP contribution in [-0.4, -0.2) is 27.3 Å². The normalized spacial score (nSPS) is 13.9. The zero-order valence-corrected chi connectivity index (χ0v) is 9.36. The molecule has 0 aliphatic rings. The molecule has 0 fully saturated rings. The van der Waals surface area contributed by atoms with Gasteiger partial charge in [0.05, 0.1) is 12.3 Å². The molecular weight excluding hydrogens is 192 g/mol. The molecule has 4 heteroatoms. The lowest BCUT2D eigenvalue weighted by Gasteiger charge is -2.22. The summed E-state index contributed by atoms with van der Waals surface area (Å²) in [7, 11) is 0. The average Bonchev–Trinajstić information content (AvgIpc) is 2.13. The molecule has 0 amide bonds. The van der Waals surface area contributed by atoms with Gasteiger partial charge in [0.2, 0.25) is 0 Å². The third kappa shape index (κ3) is 4.27. The summed E-state index contributed by atoms with van der Waals surface area (Å²) in [5, 5.41) is 22.2. The summed E-state index contributed by atoms with van der Waals surface area (Å²) in [6.07, 6.45) is 2.24. The van der Waals surface area contributed by atoms with Crippen LogP contribution in [0.1, 0.15) is 32.4 Å². The van der Waals surface area contributed by atoms with Gasteiger partial charge in [-0.25, -0.2) is 0 Å². The fraction of sp³-hybridized carbons (Fsp3) is 0.545. The average molecular weight is 210 g/mol. The fourth-order valence-electron chi connectivity index (χ4n) is 1.15. The minimum Gasteiger partial charge on any atom is -0.506 e. The van der Waals surface area contributed by atoms with Gasteiger partial charge in [-0.05, 0) is 26.8 Å². The van der Waals surface area contributed by atoms with E-state index in [1.165, 1.54) is 12.3 Å². The molecular formula is C11H18N2O2. The van der Waals surface area contributed by atoms with E-state index in [-0.39, 0.29) is 11.3 Å². The Morgan fingerprint density at radius 2 is 2.07 bits per heavy atom. The number of hydrogen-bond donors (Lipinski definition) is 3. The monoisotopic (exact) mass is 210 g/mol. The highest BCUT2D eigenvalue weighted by Gasteiger charge is 2.13. The zero-order valence-electron chi connectivity index (χ0n) is 9.36. The van der Waals surface area contributed by atoms with Gasteiger partial charge in [0, 0.05) is 23.8 Å². The molecule has 1 aromatic rings. The minimum absolute atomic E-state index is 0.0365. The number of β-amino-alcohol motifs (C(OH)–C–C–N with tert-alkyl or cyclic N) is 1. The number of rotatable bonds is 3. The zero-order chi connectivity index (χ0) is 11.5. The Labute approximate surface area is 90.0 Å². The van der Waals surface area contributed by atoms with Crippen LogP contribution >= 0.6 is 0 Å². The summed E-state index contributed by atoms with van der Waals surface area (Å²) in [5.41, 5.74) is 0.581. The van der Waals surface area contributed by atoms with Crippen LogP contribution in [0.2, 0.25) is 0 Å². The molecule has 3 N–H and O–H groups in total. The fourth-order valence-corrected chi connectivity index (χ4v) is 1.15. The Kier molecular flexibility index (Phi) is 3.66. The first-order chi connectivity index (χ1) is 6.88. The number of hydrogen-bond acceptors (Lipinski definition) is 4. The van der Waals surface area contributed by atoms with Crippen LogP contribution in [-0.2, 0) is 0 Å². The van der Waals surface area contributed by atoms with E-state index in [4.69, 9.17) is 0 Å². The Morgan fingerprint density at radius 3 is 2.60 bits per heavy atom. The number of aromatic hydroxyl groups is 1. The van der Waals surface area contributed by atoms with Crippen molar-refractivity contribution in [2.75, 3.05) is 6.54 Å². The van der Waals surface area contributed by atoms with Crippen molar-refractivity contribution in [1.82, 2.24) is 10.3 Å². The van der Waals surface area contributed by atoms with Gasteiger partial charge < -0.3 is 15.5 Å². The topological polar surface area (TPSA) is 65.4 Å². The molecule has 1 unspecified atom stereocenters. The van der Waals surface area contributed by atoms with Crippen molar-refractivity contribution >= 4 is 0 Å². The smallest absolute Gasteiger partial charge is 0.134 e. The maximum Gasteiger partial charge on any atom is 0.134 e. The molecule has 0 saturated heterocycles. The molecule has 1 atom stereocenters. The third-order valence-corrected chi connectivity index (χ3v) is 1.96. The SMILES string of the molecule is CC(C)(C)NCC(O)c1cncc(O)c1. The quantitative estimate of drug-likeness (QED) is 0.701. The molecule has 1 aromatic heterocycles. The van der Waals surface area contributed by atoms with Gasteiger partial charge in [0.25, 0.3) is 0 Å². The number of aromatic nitrogens is 1. The highest BCUT2D eigenvalue weighted by Crippen LogP contribution is 2.16. The van der Waals surface area contributed by atoms with Gasteiger partial charge in [-0.1, -0.05) is 0 Å². The first-order valence-electron chi connectivity index (χ1n) is 4.95. The lowest BCUT2D eigenvalue weighted by atomic mass is 10.1. The van der Waals surface area contributed by atoms with Gasteiger partial charge in [0.1, 0.15) is 5.75 Å². The molecule has 0 saturated carbocycles. The summed E-state index contributed by atoms with van der Waals surface area (Å²) in [5.74, 6) is 0.0716. The second-order valence-corrected chi connectivity index (χ2v) is 4.62. The van der Waals surface area contributed by atoms with Crippen molar-refractivity contribution in [3.63, 3.8) is 0 Å². The van der Waals surface area contributed by atoms with Crippen molar-refractivity contribution in [1.29, 1.82) is 0 Å². The maximum atomic E-state index is 9.79. The van der Waals surface area contributed by atoms with E-state index in [1.54, 1.807) is 6.20 Å². The van der Waals surface area contributed by atoms with E-state index in [0.717, 1.165) is 0 Å². The first kappa shape index (κ1) is 11.9. The molecule has 0 aliphatic heterocycles. The minimum atomic E-state index is -0.649. The van der Waals surface area contributed by atoms with Crippen molar-refractivity contribution in [2.24, 2.45) is 0 Å². The Balaban J connectivity index is 2.58. The molecule has 4 nitrogen and oxygen atoms in total. The van der Waals surface area contributed by atoms with E-state index in [0.29, 0.717) is 12.1 Å². The summed E-state index contributed by atoms with van der Waals surface area (Å²) >= 11 is 0. The second-order valence-electron chi connectivity index (χ2n) is 4.62. The Hall–Kier alpha value is -1.13. The number of aliphatic hydroxyl groups excluding tert-OH is 1. The van der Waals surface area contributed by atoms with E-state index >= 15 is 0 Å². The van der Waals surface area contributed by atoms with Crippen LogP contribution in [0.25, 0.3) is 0 Å². The molecule has 0 spiro atoms. The standard InChI is InChI=1S/C11H18N2O2/c1-11(2,3)13-7-10(15)8-4-9(14)6-12-5-8/h4-6,10,13-15H,7H2,1-3H3. The highest BCUT2D eigenvalue weighted by molar-refractivity contribution is 5.23. The van der Waals surface area contributed by atoms with Crippen LogP contribution in [0.4, 0.5) is 0 Å². The van der Waals surface area contributed by atoms with Crippen LogP contribution in [0.5, 0.6) is 5.75 Å². The third-order valence-electron chi connectivity index (χ3n) is 1.96. The van der Waals surface area contributed by atoms with E-state index in [2.05, 4.69) is 10.3 Å². The van der Waals surface area contributed by atoms with Gasteiger partial charge in [-0.15, -0.1) is 0 Å². The van der Waals surface area contributed by atoms with E-state index in [9.17, 15) is 10.2 Å². The number of pyridine rings is 1. The predicted octanol–water partition coefficient (Wildman–Crippen LogP) is 1.21. The van der Waals surface area contributed by atoms with Gasteiger partial charge in [-0.3, -0.25) is 4.98 Å². The molecule has 0 aliphatic carbocycles. The molecule has 1 heterocycles. The summed E-state index contributed by atoms with van der Waals surface area (Å²) in [4.78, 5) is 3.81. The Morgan fingerprint density at radius 1 is 1.40 bits per heavy atom. The van der Waals surface area contributed by atoms with Crippen LogP contribution in [0, 0.1) is 0 Å². The van der Waals surface area contributed by atoms with Crippen molar-refractivity contribution in [3.8, 4) is 5.75 Å². The molecule has 84 valence electrons. The summed E-state index contributed by atoms with van der Waals surface area (Å²) < 4.78 is 0. The van der Waals surface area contributed by atoms with E-state index in [1.807, 2.05) is 20.8 Å². The van der Waals surface area contributed by atoms with Crippen LogP contribution < -0.4 is 5.32 Å². The maximum absolute atomic E-state index is 9.79. The largest absolute Gasteiger partial charge is 0.506 e. The molecule has 15 heavy (non-hydrogen) atoms. The van der Waals surface area contributed by atoms with Crippen LogP contribution in [0.3, 0.4) is 0 Å². The predicted molar refractivity (Wildman–Crippen MR) is 58.6 cm³/mol. The Bertz CT molecular complexity index is 321. The number of aliphatic hydroxyl groups is 1. The second kappa shape index (κ2) is 4.59. The number of nitrogens with one attached hydrogen (secondary N) is 1. The van der Waals surface area contributed by atoms with Crippen LogP contribution in [0.15, 0.2) is 18.5 Å². The molecule has 0 bridgehead atoms. The molecule has 0 aromatic carbocycles. The van der Waals surface area contributed by atoms with Gasteiger partial charge in [0.15, 0.2) is 0 Å². The van der Waals surface area contributed by atoms with E-state index < -0.39 is 6.10 Å². The highest BCUT2D eigenvalue weighted by atomic mass is 16.3. The summed E-state index contributed by atoms with van der Waals surface area (Å²) in [6, 6.07) is 1.52. The van der Waals surface area contributed by atoms with Crippen molar-refractivity contribution in [3.05, 3.63) is 24.0 Å². The van der Waals surface area contributed by atoms with Gasteiger partial charge in [-0.2, -0.15) is 0 Å². The lowest BCUT2D eigenvalue weighted by molar-refractivity contribution is 0.162. The molecule has 1 rings (SSSR count).